The maximum absolute atomic E-state index is 12.0. The molecule has 0 aliphatic rings. The van der Waals surface area contributed by atoms with Crippen LogP contribution < -0.4 is 0 Å². The molecular formula is C8H12FNO2. The van der Waals surface area contributed by atoms with Crippen molar-refractivity contribution in [3.63, 3.8) is 0 Å². The van der Waals surface area contributed by atoms with Gasteiger partial charge in [0.2, 0.25) is 0 Å². The SMILES string of the molecule is CCOC=O.Cn1cccc1F. The van der Waals surface area contributed by atoms with Crippen molar-refractivity contribution in [2.75, 3.05) is 6.61 Å². The third-order valence-corrected chi connectivity index (χ3v) is 1.12. The zero-order valence-corrected chi connectivity index (χ0v) is 7.16. The molecule has 0 unspecified atom stereocenters. The Morgan fingerprint density at radius 1 is 1.75 bits per heavy atom. The Hall–Kier alpha value is -1.32. The molecule has 0 spiro atoms. The number of hydrogen-bond acceptors (Lipinski definition) is 2. The molecule has 0 N–H and O–H groups in total. The Morgan fingerprint density at radius 2 is 2.42 bits per heavy atom. The molecule has 0 bridgehead atoms. The van der Waals surface area contributed by atoms with Crippen LogP contribution in [0.2, 0.25) is 0 Å². The second kappa shape index (κ2) is 6.39. The van der Waals surface area contributed by atoms with E-state index >= 15 is 0 Å². The van der Waals surface area contributed by atoms with Crippen molar-refractivity contribution in [2.45, 2.75) is 6.92 Å². The molecule has 1 aromatic heterocycles. The fourth-order valence-electron chi connectivity index (χ4n) is 0.508. The zero-order valence-electron chi connectivity index (χ0n) is 7.16. The summed E-state index contributed by atoms with van der Waals surface area (Å²) in [4.78, 5) is 9.18. The van der Waals surface area contributed by atoms with Gasteiger partial charge < -0.3 is 9.30 Å². The second-order valence-corrected chi connectivity index (χ2v) is 1.99. The minimum atomic E-state index is -0.194. The predicted octanol–water partition coefficient (Wildman–Crippen LogP) is 1.34. The normalized spacial score (nSPS) is 8.25. The van der Waals surface area contributed by atoms with Crippen molar-refractivity contribution >= 4 is 6.47 Å². The van der Waals surface area contributed by atoms with Crippen molar-refractivity contribution in [1.82, 2.24) is 4.57 Å². The Morgan fingerprint density at radius 3 is 2.50 bits per heavy atom. The van der Waals surface area contributed by atoms with Crippen LogP contribution in [0.15, 0.2) is 18.3 Å². The minimum Gasteiger partial charge on any atom is -0.468 e. The maximum Gasteiger partial charge on any atom is 0.293 e. The van der Waals surface area contributed by atoms with Crippen molar-refractivity contribution in [1.29, 1.82) is 0 Å². The third kappa shape index (κ3) is 4.49. The fourth-order valence-corrected chi connectivity index (χ4v) is 0.508. The van der Waals surface area contributed by atoms with E-state index in [1.807, 2.05) is 0 Å². The first-order chi connectivity index (χ1) is 5.72. The van der Waals surface area contributed by atoms with Gasteiger partial charge in [-0.25, -0.2) is 0 Å². The first kappa shape index (κ1) is 10.7. The van der Waals surface area contributed by atoms with Crippen LogP contribution in [0.5, 0.6) is 0 Å². The monoisotopic (exact) mass is 173 g/mol. The Bertz CT molecular complexity index is 206. The first-order valence-corrected chi connectivity index (χ1v) is 3.54. The molecule has 0 fully saturated rings. The lowest BCUT2D eigenvalue weighted by Gasteiger charge is -1.85. The minimum absolute atomic E-state index is 0.194. The molecule has 1 rings (SSSR count). The quantitative estimate of drug-likeness (QED) is 0.632. The highest BCUT2D eigenvalue weighted by Crippen LogP contribution is 1.93. The van der Waals surface area contributed by atoms with Gasteiger partial charge in [-0.2, -0.15) is 4.39 Å². The summed E-state index contributed by atoms with van der Waals surface area (Å²) in [5, 5.41) is 0. The number of aromatic nitrogens is 1. The molecule has 12 heavy (non-hydrogen) atoms. The van der Waals surface area contributed by atoms with Crippen molar-refractivity contribution in [2.24, 2.45) is 7.05 Å². The van der Waals surface area contributed by atoms with Crippen LogP contribution in [-0.4, -0.2) is 17.6 Å². The van der Waals surface area contributed by atoms with E-state index in [0.29, 0.717) is 13.1 Å². The fraction of sp³-hybridized carbons (Fsp3) is 0.375. The van der Waals surface area contributed by atoms with Gasteiger partial charge in [0, 0.05) is 13.2 Å². The summed E-state index contributed by atoms with van der Waals surface area (Å²) in [5.41, 5.74) is 0. The largest absolute Gasteiger partial charge is 0.468 e. The molecule has 3 nitrogen and oxygen atoms in total. The van der Waals surface area contributed by atoms with Gasteiger partial charge in [0.15, 0.2) is 5.95 Å². The highest BCUT2D eigenvalue weighted by molar-refractivity contribution is 5.36. The van der Waals surface area contributed by atoms with Crippen LogP contribution in [0.4, 0.5) is 4.39 Å². The molecular weight excluding hydrogens is 161 g/mol. The number of hydrogen-bond donors (Lipinski definition) is 0. The van der Waals surface area contributed by atoms with Gasteiger partial charge in [-0.15, -0.1) is 0 Å². The number of carbonyl (C=O) groups excluding carboxylic acids is 1. The zero-order chi connectivity index (χ0) is 9.40. The van der Waals surface area contributed by atoms with Gasteiger partial charge >= 0.3 is 0 Å². The third-order valence-electron chi connectivity index (χ3n) is 1.12. The van der Waals surface area contributed by atoms with E-state index in [0.717, 1.165) is 0 Å². The van der Waals surface area contributed by atoms with Crippen molar-refractivity contribution < 1.29 is 13.9 Å². The van der Waals surface area contributed by atoms with Gasteiger partial charge in [-0.1, -0.05) is 0 Å². The van der Waals surface area contributed by atoms with Gasteiger partial charge in [0.25, 0.3) is 6.47 Å². The molecule has 0 aromatic carbocycles. The lowest BCUT2D eigenvalue weighted by Crippen LogP contribution is -1.86. The summed E-state index contributed by atoms with van der Waals surface area (Å²) >= 11 is 0. The smallest absolute Gasteiger partial charge is 0.293 e. The average molecular weight is 173 g/mol. The van der Waals surface area contributed by atoms with Gasteiger partial charge in [-0.05, 0) is 19.1 Å². The lowest BCUT2D eigenvalue weighted by molar-refractivity contribution is -0.128. The van der Waals surface area contributed by atoms with E-state index in [4.69, 9.17) is 0 Å². The summed E-state index contributed by atoms with van der Waals surface area (Å²) in [6, 6.07) is 3.08. The van der Waals surface area contributed by atoms with E-state index in [-0.39, 0.29) is 5.95 Å². The number of aryl methyl sites for hydroxylation is 1. The summed E-state index contributed by atoms with van der Waals surface area (Å²) in [5.74, 6) is -0.194. The number of nitrogens with zero attached hydrogens (tertiary/aromatic N) is 1. The molecule has 1 aromatic rings. The molecule has 0 amide bonds. The second-order valence-electron chi connectivity index (χ2n) is 1.99. The van der Waals surface area contributed by atoms with E-state index in [1.54, 1.807) is 26.2 Å². The van der Waals surface area contributed by atoms with E-state index in [1.165, 1.54) is 10.6 Å². The average Bonchev–Trinajstić information content (AvgIpc) is 2.39. The van der Waals surface area contributed by atoms with Crippen LogP contribution in [-0.2, 0) is 16.6 Å². The number of carbonyl (C=O) groups is 1. The van der Waals surface area contributed by atoms with Crippen LogP contribution in [0.1, 0.15) is 6.92 Å². The molecule has 0 radical (unpaired) electrons. The van der Waals surface area contributed by atoms with Crippen LogP contribution >= 0.6 is 0 Å². The van der Waals surface area contributed by atoms with Crippen LogP contribution in [0.25, 0.3) is 0 Å². The highest BCUT2D eigenvalue weighted by Gasteiger charge is 1.87. The van der Waals surface area contributed by atoms with Crippen molar-refractivity contribution in [3.05, 3.63) is 24.3 Å². The summed E-state index contributed by atoms with van der Waals surface area (Å²) in [6.45, 7) is 2.66. The van der Waals surface area contributed by atoms with Gasteiger partial charge in [0.05, 0.1) is 6.61 Å². The first-order valence-electron chi connectivity index (χ1n) is 3.54. The topological polar surface area (TPSA) is 31.2 Å². The predicted molar refractivity (Wildman–Crippen MR) is 43.1 cm³/mol. The Kier molecular flexibility index (Phi) is 5.69. The van der Waals surface area contributed by atoms with Crippen LogP contribution in [0.3, 0.4) is 0 Å². The Labute approximate surface area is 70.8 Å². The molecule has 0 aliphatic heterocycles. The summed E-state index contributed by atoms with van der Waals surface area (Å²) in [6.07, 6.45) is 1.66. The molecule has 1 heterocycles. The molecule has 0 saturated carbocycles. The molecule has 0 aliphatic carbocycles. The Balaban J connectivity index is 0.000000217. The van der Waals surface area contributed by atoms with E-state index in [9.17, 15) is 9.18 Å². The lowest BCUT2D eigenvalue weighted by atomic mass is 10.7. The molecule has 0 atom stereocenters. The van der Waals surface area contributed by atoms with E-state index < -0.39 is 0 Å². The van der Waals surface area contributed by atoms with Gasteiger partial charge in [-0.3, -0.25) is 4.79 Å². The van der Waals surface area contributed by atoms with Gasteiger partial charge in [0.1, 0.15) is 0 Å². The summed E-state index contributed by atoms with van der Waals surface area (Å²) in [7, 11) is 1.66. The van der Waals surface area contributed by atoms with Crippen LogP contribution in [0, 0.1) is 5.95 Å². The maximum atomic E-state index is 12.0. The molecule has 4 heteroatoms. The number of rotatable bonds is 2. The highest BCUT2D eigenvalue weighted by atomic mass is 19.1. The van der Waals surface area contributed by atoms with E-state index in [2.05, 4.69) is 4.74 Å². The van der Waals surface area contributed by atoms with Crippen molar-refractivity contribution in [3.8, 4) is 0 Å². The standard InChI is InChI=1S/C5H6FN.C3H6O2/c1-7-4-2-3-5(7)6;1-2-5-3-4/h2-4H,1H3;3H,2H2,1H3. The molecule has 0 saturated heterocycles. The number of halogens is 1. The molecule has 68 valence electrons. The summed E-state index contributed by atoms with van der Waals surface area (Å²) < 4.78 is 17.6. The number of ether oxygens (including phenoxy) is 1.